The summed E-state index contributed by atoms with van der Waals surface area (Å²) in [5.41, 5.74) is 5.76. The third-order valence-corrected chi connectivity index (χ3v) is 3.85. The van der Waals surface area contributed by atoms with Crippen LogP contribution in [0.15, 0.2) is 22.5 Å². The number of nitrogens with two attached hydrogens (primary N) is 1. The fourth-order valence-corrected chi connectivity index (χ4v) is 2.44. The van der Waals surface area contributed by atoms with Gasteiger partial charge in [-0.1, -0.05) is 32.3 Å². The number of halogens is 1. The number of hydrogen-bond acceptors (Lipinski definition) is 3. The predicted molar refractivity (Wildman–Crippen MR) is 105 cm³/mol. The van der Waals surface area contributed by atoms with E-state index in [0.717, 1.165) is 24.3 Å². The van der Waals surface area contributed by atoms with Crippen molar-refractivity contribution in [1.29, 1.82) is 0 Å². The Hall–Kier alpha value is -0.830. The Morgan fingerprint density at radius 2 is 2.00 bits per heavy atom. The van der Waals surface area contributed by atoms with Crippen LogP contribution in [0.4, 0.5) is 0 Å². The lowest BCUT2D eigenvalue weighted by Crippen LogP contribution is -2.32. The number of carbonyl (C=O) groups is 1. The molecule has 0 bridgehead atoms. The molecule has 0 fully saturated rings. The van der Waals surface area contributed by atoms with E-state index in [9.17, 15) is 4.79 Å². The number of nitrogens with one attached hydrogen (secondary N) is 2. The Labute approximate surface area is 154 Å². The fourth-order valence-electron chi connectivity index (χ4n) is 1.80. The molecule has 1 rings (SSSR count). The first-order valence-corrected chi connectivity index (χ1v) is 8.47. The summed E-state index contributed by atoms with van der Waals surface area (Å²) in [6.07, 6.45) is 5.64. The van der Waals surface area contributed by atoms with Crippen molar-refractivity contribution in [3.63, 3.8) is 0 Å². The van der Waals surface area contributed by atoms with E-state index >= 15 is 0 Å². The highest BCUT2D eigenvalue weighted by molar-refractivity contribution is 14.0. The smallest absolute Gasteiger partial charge is 0.261 e. The molecule has 1 aromatic heterocycles. The molecule has 4 N–H and O–H groups in total. The number of guanidine groups is 1. The van der Waals surface area contributed by atoms with Gasteiger partial charge in [-0.3, -0.25) is 9.79 Å². The number of nitrogens with zero attached hydrogens (tertiary/aromatic N) is 1. The van der Waals surface area contributed by atoms with E-state index in [1.807, 2.05) is 17.5 Å². The average Bonchev–Trinajstić information content (AvgIpc) is 3.01. The Kier molecular flexibility index (Phi) is 13.3. The van der Waals surface area contributed by atoms with Crippen LogP contribution in [-0.4, -0.2) is 31.5 Å². The van der Waals surface area contributed by atoms with Crippen molar-refractivity contribution in [2.45, 2.75) is 39.0 Å². The predicted octanol–water partition coefficient (Wildman–Crippen LogP) is 2.97. The highest BCUT2D eigenvalue weighted by atomic mass is 127. The Morgan fingerprint density at radius 3 is 2.68 bits per heavy atom. The zero-order valence-electron chi connectivity index (χ0n) is 13.1. The Balaban J connectivity index is 0.00000441. The molecule has 1 aromatic rings. The first-order chi connectivity index (χ1) is 10.2. The maximum atomic E-state index is 11.7. The summed E-state index contributed by atoms with van der Waals surface area (Å²) in [6.45, 7) is 4.31. The minimum Gasteiger partial charge on any atom is -0.370 e. The molecule has 0 aromatic carbocycles. The summed E-state index contributed by atoms with van der Waals surface area (Å²) >= 11 is 1.44. The lowest BCUT2D eigenvalue weighted by molar-refractivity contribution is 0.0957. The van der Waals surface area contributed by atoms with Crippen LogP contribution in [0.1, 0.15) is 48.7 Å². The zero-order valence-corrected chi connectivity index (χ0v) is 16.3. The number of thiophene rings is 1. The van der Waals surface area contributed by atoms with E-state index in [-0.39, 0.29) is 29.9 Å². The van der Waals surface area contributed by atoms with Crippen LogP contribution in [0.3, 0.4) is 0 Å². The van der Waals surface area contributed by atoms with Gasteiger partial charge in [0, 0.05) is 19.6 Å². The van der Waals surface area contributed by atoms with Crippen LogP contribution in [0.25, 0.3) is 0 Å². The van der Waals surface area contributed by atoms with E-state index in [0.29, 0.717) is 19.0 Å². The third-order valence-electron chi connectivity index (χ3n) is 2.98. The van der Waals surface area contributed by atoms with Gasteiger partial charge in [0.1, 0.15) is 0 Å². The molecule has 1 heterocycles. The summed E-state index contributed by atoms with van der Waals surface area (Å²) < 4.78 is 0. The van der Waals surface area contributed by atoms with E-state index in [2.05, 4.69) is 22.5 Å². The molecule has 0 spiro atoms. The molecule has 0 atom stereocenters. The van der Waals surface area contributed by atoms with E-state index in [1.54, 1.807) is 0 Å². The van der Waals surface area contributed by atoms with Gasteiger partial charge in [-0.25, -0.2) is 0 Å². The molecule has 0 aliphatic rings. The summed E-state index contributed by atoms with van der Waals surface area (Å²) in [4.78, 5) is 16.6. The van der Waals surface area contributed by atoms with Crippen molar-refractivity contribution in [3.8, 4) is 0 Å². The van der Waals surface area contributed by atoms with E-state index < -0.39 is 0 Å². The molecular weight excluding hydrogens is 411 g/mol. The quantitative estimate of drug-likeness (QED) is 0.228. The van der Waals surface area contributed by atoms with Crippen LogP contribution in [0.5, 0.6) is 0 Å². The molecule has 0 unspecified atom stereocenters. The van der Waals surface area contributed by atoms with Gasteiger partial charge < -0.3 is 16.4 Å². The van der Waals surface area contributed by atoms with Crippen LogP contribution >= 0.6 is 35.3 Å². The number of hydrogen-bond donors (Lipinski definition) is 3. The van der Waals surface area contributed by atoms with Crippen molar-refractivity contribution < 1.29 is 4.79 Å². The molecule has 0 saturated carbocycles. The van der Waals surface area contributed by atoms with Crippen LogP contribution < -0.4 is 16.4 Å². The SMILES string of the molecule is CCCCCCNC(N)=NCCCNC(=O)c1cccs1.I. The second-order valence-electron chi connectivity index (χ2n) is 4.84. The number of aliphatic imine (C=N–C) groups is 1. The summed E-state index contributed by atoms with van der Waals surface area (Å²) in [7, 11) is 0. The number of unbranched alkanes of at least 4 members (excludes halogenated alkanes) is 3. The van der Waals surface area contributed by atoms with Gasteiger partial charge in [-0.05, 0) is 24.3 Å². The molecular formula is C15H27IN4OS. The Morgan fingerprint density at radius 1 is 1.23 bits per heavy atom. The number of carbonyl (C=O) groups excluding carboxylic acids is 1. The Bertz CT molecular complexity index is 423. The largest absolute Gasteiger partial charge is 0.370 e. The maximum absolute atomic E-state index is 11.7. The third kappa shape index (κ3) is 9.99. The van der Waals surface area contributed by atoms with Gasteiger partial charge >= 0.3 is 0 Å². The molecule has 126 valence electrons. The maximum Gasteiger partial charge on any atom is 0.261 e. The van der Waals surface area contributed by atoms with Crippen molar-refractivity contribution >= 4 is 47.2 Å². The zero-order chi connectivity index (χ0) is 15.3. The van der Waals surface area contributed by atoms with Crippen molar-refractivity contribution in [1.82, 2.24) is 10.6 Å². The van der Waals surface area contributed by atoms with Crippen molar-refractivity contribution in [2.75, 3.05) is 19.6 Å². The van der Waals surface area contributed by atoms with E-state index in [1.165, 1.54) is 30.6 Å². The lowest BCUT2D eigenvalue weighted by atomic mass is 10.2. The molecule has 0 radical (unpaired) electrons. The fraction of sp³-hybridized carbons (Fsp3) is 0.600. The van der Waals surface area contributed by atoms with Gasteiger partial charge in [0.25, 0.3) is 5.91 Å². The lowest BCUT2D eigenvalue weighted by Gasteiger charge is -2.05. The first-order valence-electron chi connectivity index (χ1n) is 7.59. The average molecular weight is 438 g/mol. The van der Waals surface area contributed by atoms with Gasteiger partial charge in [0.05, 0.1) is 4.88 Å². The minimum absolute atomic E-state index is 0. The van der Waals surface area contributed by atoms with Gasteiger partial charge in [0.15, 0.2) is 5.96 Å². The molecule has 7 heteroatoms. The number of amides is 1. The van der Waals surface area contributed by atoms with Crippen molar-refractivity contribution in [2.24, 2.45) is 10.7 Å². The van der Waals surface area contributed by atoms with Crippen LogP contribution in [0.2, 0.25) is 0 Å². The second-order valence-corrected chi connectivity index (χ2v) is 5.79. The number of rotatable bonds is 10. The molecule has 22 heavy (non-hydrogen) atoms. The molecule has 5 nitrogen and oxygen atoms in total. The highest BCUT2D eigenvalue weighted by Crippen LogP contribution is 2.07. The summed E-state index contributed by atoms with van der Waals surface area (Å²) in [5, 5.41) is 7.87. The van der Waals surface area contributed by atoms with Gasteiger partial charge in [-0.2, -0.15) is 0 Å². The van der Waals surface area contributed by atoms with Crippen LogP contribution in [0, 0.1) is 0 Å². The van der Waals surface area contributed by atoms with Gasteiger partial charge in [-0.15, -0.1) is 35.3 Å². The first kappa shape index (κ1) is 21.2. The molecule has 1 amide bonds. The summed E-state index contributed by atoms with van der Waals surface area (Å²) in [6, 6.07) is 3.69. The second kappa shape index (κ2) is 13.8. The van der Waals surface area contributed by atoms with Gasteiger partial charge in [0.2, 0.25) is 0 Å². The topological polar surface area (TPSA) is 79.5 Å². The normalized spacial score (nSPS) is 10.9. The molecule has 0 aliphatic heterocycles. The van der Waals surface area contributed by atoms with Crippen LogP contribution in [-0.2, 0) is 0 Å². The highest BCUT2D eigenvalue weighted by Gasteiger charge is 2.04. The minimum atomic E-state index is -0.0176. The van der Waals surface area contributed by atoms with E-state index in [4.69, 9.17) is 5.73 Å². The monoisotopic (exact) mass is 438 g/mol. The standard InChI is InChI=1S/C15H26N4OS.HI/c1-2-3-4-5-9-18-15(16)19-11-7-10-17-14(20)13-8-6-12-21-13;/h6,8,12H,2-5,7,9-11H2,1H3,(H,17,20)(H3,16,18,19);1H. The summed E-state index contributed by atoms with van der Waals surface area (Å²) in [5.74, 6) is 0.479. The van der Waals surface area contributed by atoms with Crippen molar-refractivity contribution in [3.05, 3.63) is 22.4 Å². The molecule has 0 saturated heterocycles. The molecule has 0 aliphatic carbocycles.